The molecule has 28 heavy (non-hydrogen) atoms. The van der Waals surface area contributed by atoms with Crippen molar-refractivity contribution in [3.8, 4) is 11.5 Å². The third-order valence-corrected chi connectivity index (χ3v) is 5.61. The van der Waals surface area contributed by atoms with E-state index in [1.54, 1.807) is 18.1 Å². The molecule has 1 aliphatic rings. The first kappa shape index (κ1) is 20.1. The van der Waals surface area contributed by atoms with Gasteiger partial charge in [0.2, 0.25) is 5.91 Å². The van der Waals surface area contributed by atoms with Crippen LogP contribution in [0.25, 0.3) is 0 Å². The second-order valence-corrected chi connectivity index (χ2v) is 7.74. The topological polar surface area (TPSA) is 80.8 Å². The first-order valence-electron chi connectivity index (χ1n) is 9.24. The summed E-state index contributed by atoms with van der Waals surface area (Å²) in [4.78, 5) is 30.8. The van der Waals surface area contributed by atoms with Crippen LogP contribution >= 0.6 is 11.3 Å². The molecule has 1 N–H and O–H groups in total. The van der Waals surface area contributed by atoms with E-state index in [1.807, 2.05) is 31.4 Å². The molecule has 0 radical (unpaired) electrons. The molecule has 0 spiro atoms. The number of anilines is 1. The zero-order chi connectivity index (χ0) is 20.1. The minimum Gasteiger partial charge on any atom is -0.493 e. The molecule has 0 saturated carbocycles. The summed E-state index contributed by atoms with van der Waals surface area (Å²) in [7, 11) is 1.58. The molecule has 2 aromatic rings. The first-order valence-corrected chi connectivity index (χ1v) is 10.1. The lowest BCUT2D eigenvalue weighted by atomic mass is 9.96. The van der Waals surface area contributed by atoms with Crippen LogP contribution in [0.3, 0.4) is 0 Å². The average Bonchev–Trinajstić information content (AvgIpc) is 3.11. The molecule has 0 aliphatic carbocycles. The standard InChI is InChI=1S/C20H25N3O4S/c1-13-4-5-16(17(10-13)26-3)27-11-18(24)23-8-6-15(7-9-23)19(25)22-20-21-14(2)12-28-20/h4-5,10,12,15H,6-9,11H2,1-3H3,(H,21,22,25). The van der Waals surface area contributed by atoms with Gasteiger partial charge in [-0.25, -0.2) is 4.98 Å². The number of piperidine rings is 1. The molecule has 8 heteroatoms. The fourth-order valence-corrected chi connectivity index (χ4v) is 3.83. The number of rotatable bonds is 6. The van der Waals surface area contributed by atoms with Crippen LogP contribution in [-0.4, -0.2) is 48.5 Å². The van der Waals surface area contributed by atoms with Crippen LogP contribution in [0.15, 0.2) is 23.6 Å². The third kappa shape index (κ3) is 5.01. The Bertz CT molecular complexity index is 844. The molecular formula is C20H25N3O4S. The zero-order valence-electron chi connectivity index (χ0n) is 16.4. The van der Waals surface area contributed by atoms with Crippen molar-refractivity contribution in [2.75, 3.05) is 32.1 Å². The quantitative estimate of drug-likeness (QED) is 0.802. The lowest BCUT2D eigenvalue weighted by molar-refractivity contribution is -0.136. The van der Waals surface area contributed by atoms with Crippen LogP contribution in [-0.2, 0) is 9.59 Å². The van der Waals surface area contributed by atoms with Crippen LogP contribution in [0.5, 0.6) is 11.5 Å². The number of benzene rings is 1. The van der Waals surface area contributed by atoms with E-state index in [4.69, 9.17) is 9.47 Å². The lowest BCUT2D eigenvalue weighted by Crippen LogP contribution is -2.43. The predicted octanol–water partition coefficient (Wildman–Crippen LogP) is 3.02. The minimum atomic E-state index is -0.105. The molecule has 0 bridgehead atoms. The van der Waals surface area contributed by atoms with E-state index in [9.17, 15) is 9.59 Å². The van der Waals surface area contributed by atoms with Crippen molar-refractivity contribution in [1.82, 2.24) is 9.88 Å². The largest absolute Gasteiger partial charge is 0.493 e. The van der Waals surface area contributed by atoms with E-state index >= 15 is 0 Å². The Morgan fingerprint density at radius 3 is 2.64 bits per heavy atom. The number of ether oxygens (including phenoxy) is 2. The van der Waals surface area contributed by atoms with Crippen molar-refractivity contribution in [1.29, 1.82) is 0 Å². The van der Waals surface area contributed by atoms with Gasteiger partial charge in [0.05, 0.1) is 12.8 Å². The van der Waals surface area contributed by atoms with Gasteiger partial charge in [0.15, 0.2) is 23.2 Å². The Labute approximate surface area is 168 Å². The second kappa shape index (κ2) is 9.05. The van der Waals surface area contributed by atoms with E-state index < -0.39 is 0 Å². The summed E-state index contributed by atoms with van der Waals surface area (Å²) in [6, 6.07) is 5.59. The average molecular weight is 404 g/mol. The number of methoxy groups -OCH3 is 1. The maximum atomic E-state index is 12.5. The van der Waals surface area contributed by atoms with E-state index in [1.165, 1.54) is 11.3 Å². The smallest absolute Gasteiger partial charge is 0.260 e. The SMILES string of the molecule is COc1cc(C)ccc1OCC(=O)N1CCC(C(=O)Nc2nc(C)cs2)CC1. The Morgan fingerprint density at radius 1 is 1.25 bits per heavy atom. The van der Waals surface area contributed by atoms with Gasteiger partial charge in [0.1, 0.15) is 0 Å². The molecule has 1 fully saturated rings. The van der Waals surface area contributed by atoms with Crippen molar-refractivity contribution in [3.05, 3.63) is 34.8 Å². The minimum absolute atomic E-state index is 0.0258. The fraction of sp³-hybridized carbons (Fsp3) is 0.450. The number of carbonyl (C=O) groups is 2. The summed E-state index contributed by atoms with van der Waals surface area (Å²) < 4.78 is 10.9. The summed E-state index contributed by atoms with van der Waals surface area (Å²) in [5.74, 6) is 0.945. The van der Waals surface area contributed by atoms with Crippen LogP contribution in [0.4, 0.5) is 5.13 Å². The van der Waals surface area contributed by atoms with Gasteiger partial charge in [0.25, 0.3) is 5.91 Å². The van der Waals surface area contributed by atoms with Gasteiger partial charge < -0.3 is 19.7 Å². The monoisotopic (exact) mass is 403 g/mol. The molecule has 1 aliphatic heterocycles. The number of nitrogens with one attached hydrogen (secondary N) is 1. The Balaban J connectivity index is 1.46. The molecule has 1 aromatic carbocycles. The Morgan fingerprint density at radius 2 is 2.00 bits per heavy atom. The first-order chi connectivity index (χ1) is 13.5. The summed E-state index contributed by atoms with van der Waals surface area (Å²) in [5.41, 5.74) is 1.95. The van der Waals surface area contributed by atoms with Gasteiger partial charge in [0, 0.05) is 24.4 Å². The number of aromatic nitrogens is 1. The molecule has 3 rings (SSSR count). The van der Waals surface area contributed by atoms with Gasteiger partial charge in [-0.2, -0.15) is 0 Å². The molecule has 2 heterocycles. The molecule has 0 atom stereocenters. The van der Waals surface area contributed by atoms with Crippen molar-refractivity contribution >= 4 is 28.3 Å². The van der Waals surface area contributed by atoms with Crippen molar-refractivity contribution in [2.24, 2.45) is 5.92 Å². The van der Waals surface area contributed by atoms with Gasteiger partial charge in [-0.05, 0) is 44.4 Å². The van der Waals surface area contributed by atoms with Gasteiger partial charge >= 0.3 is 0 Å². The summed E-state index contributed by atoms with van der Waals surface area (Å²) in [6.07, 6.45) is 1.27. The number of amides is 2. The number of hydrogen-bond acceptors (Lipinski definition) is 6. The Hall–Kier alpha value is -2.61. The number of aryl methyl sites for hydroxylation is 2. The Kier molecular flexibility index (Phi) is 6.51. The van der Waals surface area contributed by atoms with Gasteiger partial charge in [-0.15, -0.1) is 11.3 Å². The summed E-state index contributed by atoms with van der Waals surface area (Å²) >= 11 is 1.42. The van der Waals surface area contributed by atoms with E-state index in [2.05, 4.69) is 10.3 Å². The highest BCUT2D eigenvalue weighted by atomic mass is 32.1. The number of hydrogen-bond donors (Lipinski definition) is 1. The third-order valence-electron chi connectivity index (χ3n) is 4.74. The van der Waals surface area contributed by atoms with Gasteiger partial charge in [-0.1, -0.05) is 6.07 Å². The fourth-order valence-electron chi connectivity index (χ4n) is 3.13. The normalized spacial score (nSPS) is 14.6. The van der Waals surface area contributed by atoms with Gasteiger partial charge in [-0.3, -0.25) is 9.59 Å². The van der Waals surface area contributed by atoms with Crippen LogP contribution in [0.1, 0.15) is 24.1 Å². The molecule has 7 nitrogen and oxygen atoms in total. The lowest BCUT2D eigenvalue weighted by Gasteiger charge is -2.31. The number of carbonyl (C=O) groups excluding carboxylic acids is 2. The van der Waals surface area contributed by atoms with Crippen LogP contribution in [0, 0.1) is 19.8 Å². The predicted molar refractivity (Wildman–Crippen MR) is 108 cm³/mol. The maximum absolute atomic E-state index is 12.5. The van der Waals surface area contributed by atoms with Crippen LogP contribution < -0.4 is 14.8 Å². The highest BCUT2D eigenvalue weighted by Gasteiger charge is 2.28. The van der Waals surface area contributed by atoms with Crippen molar-refractivity contribution in [3.63, 3.8) is 0 Å². The molecule has 1 aromatic heterocycles. The van der Waals surface area contributed by atoms with Crippen molar-refractivity contribution in [2.45, 2.75) is 26.7 Å². The van der Waals surface area contributed by atoms with E-state index in [-0.39, 0.29) is 24.3 Å². The molecule has 0 unspecified atom stereocenters. The number of likely N-dealkylation sites (tertiary alicyclic amines) is 1. The summed E-state index contributed by atoms with van der Waals surface area (Å²) in [5, 5.41) is 5.40. The van der Waals surface area contributed by atoms with E-state index in [0.717, 1.165) is 11.3 Å². The molecular weight excluding hydrogens is 378 g/mol. The van der Waals surface area contributed by atoms with Crippen molar-refractivity contribution < 1.29 is 19.1 Å². The van der Waals surface area contributed by atoms with E-state index in [0.29, 0.717) is 42.6 Å². The maximum Gasteiger partial charge on any atom is 0.260 e. The second-order valence-electron chi connectivity index (χ2n) is 6.88. The highest BCUT2D eigenvalue weighted by Crippen LogP contribution is 2.28. The zero-order valence-corrected chi connectivity index (χ0v) is 17.2. The highest BCUT2D eigenvalue weighted by molar-refractivity contribution is 7.13. The molecule has 150 valence electrons. The number of thiazole rings is 1. The van der Waals surface area contributed by atoms with Crippen LogP contribution in [0.2, 0.25) is 0 Å². The number of nitrogens with zero attached hydrogens (tertiary/aromatic N) is 2. The molecule has 2 amide bonds. The molecule has 1 saturated heterocycles. The summed E-state index contributed by atoms with van der Waals surface area (Å²) in [6.45, 7) is 4.90.